The van der Waals surface area contributed by atoms with E-state index in [1.54, 1.807) is 23.9 Å². The molecule has 3 aliphatic heterocycles. The zero-order valence-corrected chi connectivity index (χ0v) is 17.5. The Bertz CT molecular complexity index is 911. The predicted molar refractivity (Wildman–Crippen MR) is 118 cm³/mol. The minimum atomic E-state index is -0.411. The standard InChI is InChI=1S/C24H28N4O2/c1-27-21(11-15-13-25-19-9-5-3-7-17(15)19)24(30)28(2)22(23(27)29)12-16-14-26-20-10-6-4-8-18(16)20/h3-10,15-16,21-22,25-26H,11-14H2,1-2H3. The Hall–Kier alpha value is -3.02. The molecule has 0 saturated carbocycles. The zero-order chi connectivity index (χ0) is 20.8. The van der Waals surface area contributed by atoms with Crippen molar-refractivity contribution >= 4 is 23.2 Å². The normalized spacial score (nSPS) is 27.5. The maximum absolute atomic E-state index is 13.3. The molecule has 5 rings (SSSR count). The molecule has 0 aliphatic carbocycles. The number of nitrogens with one attached hydrogen (secondary N) is 2. The summed E-state index contributed by atoms with van der Waals surface area (Å²) >= 11 is 0. The number of amides is 2. The minimum Gasteiger partial charge on any atom is -0.384 e. The molecule has 1 saturated heterocycles. The highest BCUT2D eigenvalue weighted by Gasteiger charge is 2.45. The minimum absolute atomic E-state index is 0.0470. The van der Waals surface area contributed by atoms with Gasteiger partial charge in [-0.3, -0.25) is 9.59 Å². The van der Waals surface area contributed by atoms with Gasteiger partial charge < -0.3 is 20.4 Å². The van der Waals surface area contributed by atoms with Crippen molar-refractivity contribution in [3.8, 4) is 0 Å². The maximum atomic E-state index is 13.3. The van der Waals surface area contributed by atoms with Gasteiger partial charge in [0.05, 0.1) is 0 Å². The van der Waals surface area contributed by atoms with E-state index in [1.807, 2.05) is 24.3 Å². The van der Waals surface area contributed by atoms with Crippen LogP contribution in [0.25, 0.3) is 0 Å². The molecular weight excluding hydrogens is 376 g/mol. The molecule has 2 N–H and O–H groups in total. The molecule has 1 fully saturated rings. The van der Waals surface area contributed by atoms with Gasteiger partial charge in [0.15, 0.2) is 0 Å². The van der Waals surface area contributed by atoms with E-state index < -0.39 is 12.1 Å². The second-order valence-electron chi connectivity index (χ2n) is 8.73. The van der Waals surface area contributed by atoms with Gasteiger partial charge in [-0.25, -0.2) is 0 Å². The van der Waals surface area contributed by atoms with Crippen LogP contribution in [0.1, 0.15) is 35.8 Å². The number of rotatable bonds is 4. The van der Waals surface area contributed by atoms with Gasteiger partial charge in [0, 0.05) is 50.4 Å². The summed E-state index contributed by atoms with van der Waals surface area (Å²) in [5.41, 5.74) is 4.76. The average Bonchev–Trinajstić information content (AvgIpc) is 3.37. The summed E-state index contributed by atoms with van der Waals surface area (Å²) in [6.45, 7) is 1.62. The third-order valence-electron chi connectivity index (χ3n) is 7.10. The third kappa shape index (κ3) is 3.02. The molecule has 4 unspecified atom stereocenters. The van der Waals surface area contributed by atoms with E-state index in [4.69, 9.17) is 0 Å². The molecule has 2 aromatic carbocycles. The van der Waals surface area contributed by atoms with Gasteiger partial charge in [0.1, 0.15) is 12.1 Å². The van der Waals surface area contributed by atoms with Crippen LogP contribution in [-0.4, -0.2) is 60.9 Å². The van der Waals surface area contributed by atoms with Crippen molar-refractivity contribution in [2.45, 2.75) is 36.8 Å². The summed E-state index contributed by atoms with van der Waals surface area (Å²) in [7, 11) is 3.58. The first-order valence-corrected chi connectivity index (χ1v) is 10.7. The fourth-order valence-corrected chi connectivity index (χ4v) is 5.30. The van der Waals surface area contributed by atoms with Crippen LogP contribution in [-0.2, 0) is 9.59 Å². The van der Waals surface area contributed by atoms with Crippen LogP contribution in [0.5, 0.6) is 0 Å². The van der Waals surface area contributed by atoms with E-state index in [1.165, 1.54) is 11.1 Å². The summed E-state index contributed by atoms with van der Waals surface area (Å²) in [5, 5.41) is 6.85. The van der Waals surface area contributed by atoms with E-state index in [2.05, 4.69) is 34.9 Å². The number of anilines is 2. The van der Waals surface area contributed by atoms with Crippen LogP contribution in [0.2, 0.25) is 0 Å². The number of piperazine rings is 1. The van der Waals surface area contributed by atoms with Crippen LogP contribution < -0.4 is 10.6 Å². The Balaban J connectivity index is 1.32. The number of hydrogen-bond acceptors (Lipinski definition) is 4. The van der Waals surface area contributed by atoms with Crippen molar-refractivity contribution in [3.05, 3.63) is 59.7 Å². The highest BCUT2D eigenvalue weighted by Crippen LogP contribution is 2.38. The number of para-hydroxylation sites is 2. The molecule has 0 radical (unpaired) electrons. The quantitative estimate of drug-likeness (QED) is 0.823. The van der Waals surface area contributed by atoms with E-state index >= 15 is 0 Å². The van der Waals surface area contributed by atoms with E-state index in [0.717, 1.165) is 24.5 Å². The van der Waals surface area contributed by atoms with Crippen molar-refractivity contribution in [3.63, 3.8) is 0 Å². The summed E-state index contributed by atoms with van der Waals surface area (Å²) in [6.07, 6.45) is 1.30. The predicted octanol–water partition coefficient (Wildman–Crippen LogP) is 2.85. The lowest BCUT2D eigenvalue weighted by molar-refractivity contribution is -0.159. The summed E-state index contributed by atoms with van der Waals surface area (Å²) in [6, 6.07) is 15.7. The Morgan fingerprint density at radius 1 is 0.733 bits per heavy atom. The van der Waals surface area contributed by atoms with Crippen molar-refractivity contribution in [1.29, 1.82) is 0 Å². The molecule has 30 heavy (non-hydrogen) atoms. The van der Waals surface area contributed by atoms with Gasteiger partial charge in [-0.05, 0) is 36.1 Å². The van der Waals surface area contributed by atoms with Gasteiger partial charge >= 0.3 is 0 Å². The van der Waals surface area contributed by atoms with Gasteiger partial charge in [-0.1, -0.05) is 36.4 Å². The highest BCUT2D eigenvalue weighted by atomic mass is 16.2. The van der Waals surface area contributed by atoms with Crippen LogP contribution >= 0.6 is 0 Å². The van der Waals surface area contributed by atoms with Crippen molar-refractivity contribution in [2.24, 2.45) is 0 Å². The second-order valence-corrected chi connectivity index (χ2v) is 8.73. The van der Waals surface area contributed by atoms with Crippen LogP contribution in [0.3, 0.4) is 0 Å². The molecule has 3 aliphatic rings. The van der Waals surface area contributed by atoms with Gasteiger partial charge in [-0.2, -0.15) is 0 Å². The lowest BCUT2D eigenvalue weighted by Crippen LogP contribution is -2.62. The Morgan fingerprint density at radius 2 is 1.13 bits per heavy atom. The van der Waals surface area contributed by atoms with Crippen molar-refractivity contribution < 1.29 is 9.59 Å². The van der Waals surface area contributed by atoms with Crippen molar-refractivity contribution in [1.82, 2.24) is 9.80 Å². The molecule has 2 amide bonds. The van der Waals surface area contributed by atoms with E-state index in [9.17, 15) is 9.59 Å². The number of nitrogens with zero attached hydrogens (tertiary/aromatic N) is 2. The lowest BCUT2D eigenvalue weighted by atomic mass is 9.88. The van der Waals surface area contributed by atoms with Gasteiger partial charge in [0.2, 0.25) is 11.8 Å². The molecule has 156 valence electrons. The fraction of sp³-hybridized carbons (Fsp3) is 0.417. The first kappa shape index (κ1) is 19.0. The molecular formula is C24H28N4O2. The molecule has 6 heteroatoms. The monoisotopic (exact) mass is 404 g/mol. The summed E-state index contributed by atoms with van der Waals surface area (Å²) in [4.78, 5) is 30.0. The molecule has 0 spiro atoms. The van der Waals surface area contributed by atoms with Gasteiger partial charge in [0.25, 0.3) is 0 Å². The number of carbonyl (C=O) groups excluding carboxylic acids is 2. The molecule has 0 bridgehead atoms. The summed E-state index contributed by atoms with van der Waals surface area (Å²) < 4.78 is 0. The zero-order valence-electron chi connectivity index (χ0n) is 17.5. The third-order valence-corrected chi connectivity index (χ3v) is 7.10. The molecule has 0 aromatic heterocycles. The topological polar surface area (TPSA) is 64.7 Å². The number of carbonyl (C=O) groups is 2. The van der Waals surface area contributed by atoms with E-state index in [-0.39, 0.29) is 23.7 Å². The Morgan fingerprint density at radius 3 is 1.57 bits per heavy atom. The largest absolute Gasteiger partial charge is 0.384 e. The second kappa shape index (κ2) is 7.35. The van der Waals surface area contributed by atoms with Gasteiger partial charge in [-0.15, -0.1) is 0 Å². The van der Waals surface area contributed by atoms with Crippen LogP contribution in [0.15, 0.2) is 48.5 Å². The fourth-order valence-electron chi connectivity index (χ4n) is 5.30. The number of benzene rings is 2. The van der Waals surface area contributed by atoms with E-state index in [0.29, 0.717) is 12.8 Å². The smallest absolute Gasteiger partial charge is 0.245 e. The Kier molecular flexibility index (Phi) is 4.65. The first-order chi connectivity index (χ1) is 14.5. The SMILES string of the molecule is CN1C(=O)C(CC2CNc3ccccc32)N(C)C(=O)C1CC1CNc2ccccc21. The first-order valence-electron chi connectivity index (χ1n) is 10.7. The number of likely N-dealkylation sites (N-methyl/N-ethyl adjacent to an activating group) is 2. The average molecular weight is 405 g/mol. The number of hydrogen-bond donors (Lipinski definition) is 2. The van der Waals surface area contributed by atoms with Crippen LogP contribution in [0, 0.1) is 0 Å². The van der Waals surface area contributed by atoms with Crippen molar-refractivity contribution in [2.75, 3.05) is 37.8 Å². The Labute approximate surface area is 177 Å². The molecule has 3 heterocycles. The molecule has 6 nitrogen and oxygen atoms in total. The molecule has 2 aromatic rings. The lowest BCUT2D eigenvalue weighted by Gasteiger charge is -2.43. The van der Waals surface area contributed by atoms with Crippen LogP contribution in [0.4, 0.5) is 11.4 Å². The number of fused-ring (bicyclic) bond motifs is 2. The summed E-state index contributed by atoms with van der Waals surface area (Å²) in [5.74, 6) is 0.568. The molecule has 4 atom stereocenters. The highest BCUT2D eigenvalue weighted by molar-refractivity contribution is 5.97. The maximum Gasteiger partial charge on any atom is 0.245 e.